The zero-order chi connectivity index (χ0) is 23.0. The number of carbonyl (C=O) groups is 2. The Hall–Kier alpha value is -3.09. The molecule has 0 radical (unpaired) electrons. The van der Waals surface area contributed by atoms with Crippen LogP contribution >= 0.6 is 0 Å². The van der Waals surface area contributed by atoms with E-state index in [-0.39, 0.29) is 17.4 Å². The second-order valence-electron chi connectivity index (χ2n) is 7.20. The van der Waals surface area contributed by atoms with E-state index in [0.717, 1.165) is 11.1 Å². The largest absolute Gasteiger partial charge is 0.503 e. The van der Waals surface area contributed by atoms with Gasteiger partial charge < -0.3 is 19.9 Å². The molecule has 0 aliphatic carbocycles. The third-order valence-corrected chi connectivity index (χ3v) is 4.94. The van der Waals surface area contributed by atoms with Crippen molar-refractivity contribution in [2.75, 3.05) is 7.11 Å². The lowest BCUT2D eigenvalue weighted by Gasteiger charge is -2.24. The second kappa shape index (κ2) is 11.2. The van der Waals surface area contributed by atoms with E-state index in [1.807, 2.05) is 39.8 Å². The number of aliphatic imine (C=N–C) groups is 1. The molecule has 0 aliphatic rings. The van der Waals surface area contributed by atoms with Gasteiger partial charge in [0.2, 0.25) is 0 Å². The Bertz CT molecular complexity index is 857. The smallest absolute Gasteiger partial charge is 0.328 e. The summed E-state index contributed by atoms with van der Waals surface area (Å²) in [4.78, 5) is 28.5. The van der Waals surface area contributed by atoms with Crippen LogP contribution in [0.5, 0.6) is 0 Å². The fraction of sp³-hybridized carbons (Fsp3) is 0.435. The topological polar surface area (TPSA) is 97.2 Å². The van der Waals surface area contributed by atoms with Crippen LogP contribution < -0.4 is 5.32 Å². The fourth-order valence-electron chi connectivity index (χ4n) is 3.02. The van der Waals surface area contributed by atoms with Gasteiger partial charge in [-0.2, -0.15) is 0 Å². The Balaban J connectivity index is 2.85. The molecule has 0 bridgehead atoms. The van der Waals surface area contributed by atoms with Crippen molar-refractivity contribution in [1.82, 2.24) is 5.32 Å². The number of esters is 1. The third kappa shape index (κ3) is 6.20. The van der Waals surface area contributed by atoms with Crippen LogP contribution in [0.15, 0.2) is 46.5 Å². The maximum atomic E-state index is 12.5. The lowest BCUT2D eigenvalue weighted by atomic mass is 9.91. The first-order valence-corrected chi connectivity index (χ1v) is 9.76. The quantitative estimate of drug-likeness (QED) is 0.209. The Labute approximate surface area is 178 Å². The zero-order valence-corrected chi connectivity index (χ0v) is 18.8. The first-order valence-electron chi connectivity index (χ1n) is 9.76. The SMILES string of the molecule is C=N/C(C(=O)N[C@@H](C)C(=O)O[C@@H](C)[C@@H](C)c1ccc(C)cc1C)=C(O)\C(=C/C)OC. The number of amides is 1. The van der Waals surface area contributed by atoms with Gasteiger partial charge in [0.05, 0.1) is 7.11 Å². The van der Waals surface area contributed by atoms with Crippen molar-refractivity contribution < 1.29 is 24.2 Å². The lowest BCUT2D eigenvalue weighted by molar-refractivity contribution is -0.152. The molecule has 1 aromatic rings. The minimum Gasteiger partial charge on any atom is -0.503 e. The Morgan fingerprint density at radius 1 is 1.23 bits per heavy atom. The van der Waals surface area contributed by atoms with Crippen molar-refractivity contribution in [2.45, 2.75) is 59.6 Å². The van der Waals surface area contributed by atoms with Crippen LogP contribution in [0, 0.1) is 13.8 Å². The highest BCUT2D eigenvalue weighted by molar-refractivity contribution is 5.97. The van der Waals surface area contributed by atoms with Crippen LogP contribution in [0.4, 0.5) is 0 Å². The number of benzene rings is 1. The van der Waals surface area contributed by atoms with E-state index >= 15 is 0 Å². The molecule has 0 saturated carbocycles. The molecule has 0 saturated heterocycles. The molecule has 1 aromatic carbocycles. The number of aryl methyl sites for hydroxylation is 2. The van der Waals surface area contributed by atoms with Gasteiger partial charge >= 0.3 is 5.97 Å². The molecule has 1 amide bonds. The Morgan fingerprint density at radius 2 is 1.87 bits per heavy atom. The molecule has 0 heterocycles. The highest BCUT2D eigenvalue weighted by Crippen LogP contribution is 2.25. The minimum atomic E-state index is -0.951. The van der Waals surface area contributed by atoms with E-state index in [4.69, 9.17) is 9.47 Å². The summed E-state index contributed by atoms with van der Waals surface area (Å²) in [5.41, 5.74) is 3.05. The number of carbonyl (C=O) groups excluding carboxylic acids is 2. The highest BCUT2D eigenvalue weighted by atomic mass is 16.5. The summed E-state index contributed by atoms with van der Waals surface area (Å²) in [5, 5.41) is 12.6. The summed E-state index contributed by atoms with van der Waals surface area (Å²) in [6, 6.07) is 5.20. The highest BCUT2D eigenvalue weighted by Gasteiger charge is 2.26. The van der Waals surface area contributed by atoms with Gasteiger partial charge in [0.1, 0.15) is 12.1 Å². The van der Waals surface area contributed by atoms with Gasteiger partial charge in [0, 0.05) is 5.92 Å². The maximum Gasteiger partial charge on any atom is 0.328 e. The van der Waals surface area contributed by atoms with E-state index in [2.05, 4.69) is 23.1 Å². The summed E-state index contributed by atoms with van der Waals surface area (Å²) in [5.74, 6) is -1.78. The molecule has 30 heavy (non-hydrogen) atoms. The molecule has 164 valence electrons. The molecule has 0 fully saturated rings. The number of aliphatic hydroxyl groups is 1. The molecule has 7 heteroatoms. The van der Waals surface area contributed by atoms with E-state index < -0.39 is 29.8 Å². The van der Waals surface area contributed by atoms with Gasteiger partial charge in [-0.25, -0.2) is 4.79 Å². The molecule has 0 unspecified atom stereocenters. The Kier molecular flexibility index (Phi) is 9.30. The molecule has 2 N–H and O–H groups in total. The number of aliphatic hydroxyl groups excluding tert-OH is 1. The van der Waals surface area contributed by atoms with Crippen molar-refractivity contribution in [3.63, 3.8) is 0 Å². The number of nitrogens with zero attached hydrogens (tertiary/aromatic N) is 1. The molecule has 0 aromatic heterocycles. The maximum absolute atomic E-state index is 12.5. The van der Waals surface area contributed by atoms with Gasteiger partial charge in [-0.3, -0.25) is 9.79 Å². The summed E-state index contributed by atoms with van der Waals surface area (Å²) in [6.07, 6.45) is 1.07. The van der Waals surface area contributed by atoms with Gasteiger partial charge in [-0.1, -0.05) is 30.7 Å². The predicted molar refractivity (Wildman–Crippen MR) is 117 cm³/mol. The molecule has 0 spiro atoms. The molecular weight excluding hydrogens is 384 g/mol. The summed E-state index contributed by atoms with van der Waals surface area (Å²) >= 11 is 0. The third-order valence-electron chi connectivity index (χ3n) is 4.94. The average molecular weight is 417 g/mol. The average Bonchev–Trinajstić information content (AvgIpc) is 2.68. The van der Waals surface area contributed by atoms with Crippen LogP contribution in [0.3, 0.4) is 0 Å². The Morgan fingerprint density at radius 3 is 2.37 bits per heavy atom. The predicted octanol–water partition coefficient (Wildman–Crippen LogP) is 3.86. The molecule has 3 atom stereocenters. The van der Waals surface area contributed by atoms with Crippen molar-refractivity contribution >= 4 is 18.6 Å². The minimum absolute atomic E-state index is 0.0225. The number of methoxy groups -OCH3 is 1. The van der Waals surface area contributed by atoms with Crippen molar-refractivity contribution in [3.05, 3.63) is 58.2 Å². The number of allylic oxidation sites excluding steroid dienone is 1. The fourth-order valence-corrected chi connectivity index (χ4v) is 3.02. The number of rotatable bonds is 9. The van der Waals surface area contributed by atoms with Gasteiger partial charge in [-0.15, -0.1) is 0 Å². The van der Waals surface area contributed by atoms with E-state index in [1.54, 1.807) is 6.92 Å². The monoisotopic (exact) mass is 416 g/mol. The van der Waals surface area contributed by atoms with Crippen LogP contribution in [-0.4, -0.2) is 43.0 Å². The number of ether oxygens (including phenoxy) is 2. The first-order chi connectivity index (χ1) is 14.1. The zero-order valence-electron chi connectivity index (χ0n) is 18.8. The van der Waals surface area contributed by atoms with Crippen LogP contribution in [-0.2, 0) is 19.1 Å². The van der Waals surface area contributed by atoms with Crippen LogP contribution in [0.1, 0.15) is 50.3 Å². The van der Waals surface area contributed by atoms with Gasteiger partial charge in [0.25, 0.3) is 5.91 Å². The normalized spacial score (nSPS) is 15.4. The molecule has 0 aliphatic heterocycles. The molecule has 7 nitrogen and oxygen atoms in total. The van der Waals surface area contributed by atoms with Crippen LogP contribution in [0.2, 0.25) is 0 Å². The number of nitrogens with one attached hydrogen (secondary N) is 1. The first kappa shape index (κ1) is 24.9. The number of hydrogen-bond acceptors (Lipinski definition) is 6. The van der Waals surface area contributed by atoms with Crippen molar-refractivity contribution in [2.24, 2.45) is 4.99 Å². The second-order valence-corrected chi connectivity index (χ2v) is 7.20. The van der Waals surface area contributed by atoms with E-state index in [1.165, 1.54) is 25.7 Å². The standard InChI is InChI=1S/C23H32N2O5/c1-9-19(29-8)21(26)20(24-7)22(27)25-16(5)23(28)30-17(6)15(4)18-11-10-13(2)12-14(18)3/h9-12,15-17,26H,7H2,1-6,8H3,(H,25,27)/b19-9+,21-20+/t15-,16+,17+/m1/s1. The van der Waals surface area contributed by atoms with E-state index in [9.17, 15) is 14.7 Å². The van der Waals surface area contributed by atoms with E-state index in [0.29, 0.717) is 0 Å². The van der Waals surface area contributed by atoms with Crippen molar-refractivity contribution in [3.8, 4) is 0 Å². The molecule has 1 rings (SSSR count). The van der Waals surface area contributed by atoms with Gasteiger partial charge in [-0.05, 0) is 58.5 Å². The van der Waals surface area contributed by atoms with Crippen LogP contribution in [0.25, 0.3) is 0 Å². The van der Waals surface area contributed by atoms with Crippen molar-refractivity contribution in [1.29, 1.82) is 0 Å². The van der Waals surface area contributed by atoms with Gasteiger partial charge in [0.15, 0.2) is 17.2 Å². The summed E-state index contributed by atoms with van der Waals surface area (Å²) < 4.78 is 10.5. The lowest BCUT2D eigenvalue weighted by Crippen LogP contribution is -2.41. The summed E-state index contributed by atoms with van der Waals surface area (Å²) in [6.45, 7) is 14.3. The number of hydrogen-bond donors (Lipinski definition) is 2. The molecular formula is C23H32N2O5. The summed E-state index contributed by atoms with van der Waals surface area (Å²) in [7, 11) is 1.35.